The Hall–Kier alpha value is -2.97. The van der Waals surface area contributed by atoms with Gasteiger partial charge in [0.1, 0.15) is 17.1 Å². The van der Waals surface area contributed by atoms with Crippen molar-refractivity contribution in [3.63, 3.8) is 0 Å². The van der Waals surface area contributed by atoms with Gasteiger partial charge in [-0.1, -0.05) is 12.1 Å². The topological polar surface area (TPSA) is 98.7 Å². The summed E-state index contributed by atoms with van der Waals surface area (Å²) in [6, 6.07) is 8.56. The lowest BCUT2D eigenvalue weighted by atomic mass is 10.1. The molecule has 30 heavy (non-hydrogen) atoms. The first-order chi connectivity index (χ1) is 14.3. The molecule has 1 heterocycles. The zero-order valence-corrected chi connectivity index (χ0v) is 18.0. The van der Waals surface area contributed by atoms with Gasteiger partial charge in [-0.25, -0.2) is 0 Å². The number of anilines is 3. The number of phenolic OH excluding ortho intramolecular Hbond substituents is 1. The van der Waals surface area contributed by atoms with Gasteiger partial charge in [0, 0.05) is 4.88 Å². The van der Waals surface area contributed by atoms with Crippen LogP contribution in [0.4, 0.5) is 17.1 Å². The number of nitrogens with one attached hydrogen (secondary N) is 2. The predicted molar refractivity (Wildman–Crippen MR) is 121 cm³/mol. The van der Waals surface area contributed by atoms with E-state index in [1.807, 2.05) is 43.6 Å². The van der Waals surface area contributed by atoms with Gasteiger partial charge in [0.25, 0.3) is 10.9 Å². The van der Waals surface area contributed by atoms with E-state index in [2.05, 4.69) is 10.6 Å². The number of benzene rings is 1. The molecule has 0 saturated heterocycles. The quantitative estimate of drug-likeness (QED) is 0.302. The van der Waals surface area contributed by atoms with Crippen molar-refractivity contribution in [1.29, 1.82) is 0 Å². The molecule has 0 aliphatic heterocycles. The van der Waals surface area contributed by atoms with E-state index in [9.17, 15) is 19.5 Å². The predicted octanol–water partition coefficient (Wildman–Crippen LogP) is 3.35. The van der Waals surface area contributed by atoms with Crippen LogP contribution in [0.2, 0.25) is 0 Å². The molecule has 1 unspecified atom stereocenters. The van der Waals surface area contributed by atoms with Crippen LogP contribution in [0, 0.1) is 5.92 Å². The van der Waals surface area contributed by atoms with Gasteiger partial charge < -0.3 is 20.6 Å². The number of aldehydes is 1. The molecule has 158 valence electrons. The van der Waals surface area contributed by atoms with Crippen LogP contribution in [0.15, 0.2) is 45.3 Å². The highest BCUT2D eigenvalue weighted by atomic mass is 32.1. The summed E-state index contributed by atoms with van der Waals surface area (Å²) in [4.78, 5) is 38.2. The van der Waals surface area contributed by atoms with Crippen LogP contribution in [0.1, 0.15) is 34.1 Å². The Kier molecular flexibility index (Phi) is 6.69. The molecule has 8 heteroatoms. The van der Waals surface area contributed by atoms with E-state index in [4.69, 9.17) is 0 Å². The second-order valence-electron chi connectivity index (χ2n) is 7.71. The zero-order chi connectivity index (χ0) is 21.8. The average molecular weight is 428 g/mol. The van der Waals surface area contributed by atoms with Crippen LogP contribution in [0.25, 0.3) is 0 Å². The monoisotopic (exact) mass is 427 g/mol. The Bertz CT molecular complexity index is 1080. The Labute approximate surface area is 178 Å². The number of carbonyl (C=O) groups is 1. The SMILES string of the molecule is CN(C)C.O=Cc1cccc(Nc2c(NC(c3cccs3)C3CC3)c(=O)c2=O)c1O. The van der Waals surface area contributed by atoms with Crippen molar-refractivity contribution in [2.24, 2.45) is 5.92 Å². The highest BCUT2D eigenvalue weighted by Crippen LogP contribution is 2.44. The maximum absolute atomic E-state index is 12.1. The zero-order valence-electron chi connectivity index (χ0n) is 17.1. The highest BCUT2D eigenvalue weighted by molar-refractivity contribution is 7.10. The molecule has 1 aliphatic rings. The van der Waals surface area contributed by atoms with Gasteiger partial charge in [0.2, 0.25) is 0 Å². The van der Waals surface area contributed by atoms with Gasteiger partial charge in [-0.2, -0.15) is 0 Å². The molecular formula is C22H25N3O4S. The van der Waals surface area contributed by atoms with Gasteiger partial charge >= 0.3 is 0 Å². The molecule has 1 atom stereocenters. The molecule has 0 radical (unpaired) electrons. The summed E-state index contributed by atoms with van der Waals surface area (Å²) >= 11 is 1.61. The minimum absolute atomic E-state index is 0.00578. The van der Waals surface area contributed by atoms with Gasteiger partial charge in [-0.3, -0.25) is 14.4 Å². The number of hydrogen-bond donors (Lipinski definition) is 3. The summed E-state index contributed by atoms with van der Waals surface area (Å²) in [6.07, 6.45) is 2.69. The van der Waals surface area contributed by atoms with Crippen LogP contribution in [0.5, 0.6) is 5.75 Å². The number of aromatic hydroxyl groups is 1. The van der Waals surface area contributed by atoms with Crippen LogP contribution >= 0.6 is 11.3 Å². The summed E-state index contributed by atoms with van der Waals surface area (Å²) in [5, 5.41) is 18.1. The third-order valence-electron chi connectivity index (χ3n) is 4.61. The van der Waals surface area contributed by atoms with Crippen LogP contribution in [-0.2, 0) is 0 Å². The van der Waals surface area contributed by atoms with E-state index in [0.29, 0.717) is 12.2 Å². The van der Waals surface area contributed by atoms with E-state index in [1.165, 1.54) is 6.07 Å². The molecule has 0 spiro atoms. The Morgan fingerprint density at radius 3 is 2.33 bits per heavy atom. The minimum Gasteiger partial charge on any atom is -0.505 e. The molecule has 3 N–H and O–H groups in total. The van der Waals surface area contributed by atoms with Crippen molar-refractivity contribution in [2.45, 2.75) is 18.9 Å². The summed E-state index contributed by atoms with van der Waals surface area (Å²) in [7, 11) is 6.00. The fraction of sp³-hybridized carbons (Fsp3) is 0.318. The molecule has 1 aromatic heterocycles. The summed E-state index contributed by atoms with van der Waals surface area (Å²) < 4.78 is 0. The second-order valence-corrected chi connectivity index (χ2v) is 8.69. The Balaban J connectivity index is 0.000000589. The van der Waals surface area contributed by atoms with Crippen molar-refractivity contribution < 1.29 is 9.90 Å². The lowest BCUT2D eigenvalue weighted by Crippen LogP contribution is -2.37. The standard InChI is InChI=1S/C19H16N2O4S.C3H9N/c22-9-11-3-1-4-12(17(11)23)20-15-16(19(25)18(15)24)21-14(10-6-7-10)13-5-2-8-26-13;1-4(2)3/h1-5,8-10,14,20-21,23H,6-7H2;1-3H3. The van der Waals surface area contributed by atoms with E-state index in [1.54, 1.807) is 23.5 Å². The first-order valence-electron chi connectivity index (χ1n) is 9.61. The first kappa shape index (κ1) is 21.7. The summed E-state index contributed by atoms with van der Waals surface area (Å²) in [5.41, 5.74) is -0.530. The number of thiophene rings is 1. The number of hydrogen-bond acceptors (Lipinski definition) is 8. The molecule has 0 bridgehead atoms. The summed E-state index contributed by atoms with van der Waals surface area (Å²) in [6.45, 7) is 0. The molecule has 1 fully saturated rings. The Morgan fingerprint density at radius 1 is 1.10 bits per heavy atom. The second kappa shape index (κ2) is 9.23. The van der Waals surface area contributed by atoms with Crippen molar-refractivity contribution in [2.75, 3.05) is 31.8 Å². The molecule has 0 amide bonds. The third kappa shape index (κ3) is 4.77. The Morgan fingerprint density at radius 2 is 1.77 bits per heavy atom. The number of rotatable bonds is 7. The van der Waals surface area contributed by atoms with E-state index >= 15 is 0 Å². The smallest absolute Gasteiger partial charge is 0.253 e. The molecular weight excluding hydrogens is 402 g/mol. The van der Waals surface area contributed by atoms with Crippen molar-refractivity contribution in [3.8, 4) is 5.75 Å². The molecule has 7 nitrogen and oxygen atoms in total. The number of phenols is 1. The maximum atomic E-state index is 12.1. The molecule has 3 aromatic rings. The van der Waals surface area contributed by atoms with Gasteiger partial charge in [0.05, 0.1) is 17.3 Å². The fourth-order valence-electron chi connectivity index (χ4n) is 3.02. The van der Waals surface area contributed by atoms with Crippen LogP contribution < -0.4 is 21.5 Å². The van der Waals surface area contributed by atoms with Crippen molar-refractivity contribution in [3.05, 3.63) is 66.6 Å². The normalized spacial score (nSPS) is 14.1. The van der Waals surface area contributed by atoms with Gasteiger partial charge in [-0.15, -0.1) is 11.3 Å². The van der Waals surface area contributed by atoms with E-state index in [-0.39, 0.29) is 34.4 Å². The van der Waals surface area contributed by atoms with Crippen LogP contribution in [-0.4, -0.2) is 37.4 Å². The van der Waals surface area contributed by atoms with E-state index < -0.39 is 10.9 Å². The average Bonchev–Trinajstić information content (AvgIpc) is 3.41. The lowest BCUT2D eigenvalue weighted by Gasteiger charge is -2.22. The molecule has 2 aromatic carbocycles. The first-order valence-corrected chi connectivity index (χ1v) is 10.5. The van der Waals surface area contributed by atoms with Gasteiger partial charge in [-0.05, 0) is 63.5 Å². The van der Waals surface area contributed by atoms with Crippen molar-refractivity contribution >= 4 is 34.7 Å². The number of para-hydroxylation sites is 1. The largest absolute Gasteiger partial charge is 0.505 e. The fourth-order valence-corrected chi connectivity index (χ4v) is 3.88. The number of carbonyl (C=O) groups excluding carboxylic acids is 1. The lowest BCUT2D eigenvalue weighted by molar-refractivity contribution is 0.112. The molecule has 1 saturated carbocycles. The molecule has 4 rings (SSSR count). The van der Waals surface area contributed by atoms with Crippen LogP contribution in [0.3, 0.4) is 0 Å². The third-order valence-corrected chi connectivity index (χ3v) is 5.56. The molecule has 1 aliphatic carbocycles. The summed E-state index contributed by atoms with van der Waals surface area (Å²) in [5.74, 6) is 0.191. The number of nitrogens with zero attached hydrogens (tertiary/aromatic N) is 1. The van der Waals surface area contributed by atoms with Gasteiger partial charge in [0.15, 0.2) is 6.29 Å². The maximum Gasteiger partial charge on any atom is 0.253 e. The van der Waals surface area contributed by atoms with E-state index in [0.717, 1.165) is 17.7 Å². The highest BCUT2D eigenvalue weighted by Gasteiger charge is 2.35. The van der Waals surface area contributed by atoms with Crippen molar-refractivity contribution in [1.82, 2.24) is 4.90 Å². The minimum atomic E-state index is -0.635.